The Hall–Kier alpha value is -2.57. The van der Waals surface area contributed by atoms with Crippen LogP contribution in [0.4, 0.5) is 5.69 Å². The summed E-state index contributed by atoms with van der Waals surface area (Å²) >= 11 is 0. The number of aliphatic hydroxyl groups excluding tert-OH is 1. The number of rotatable bonds is 14. The summed E-state index contributed by atoms with van der Waals surface area (Å²) in [6, 6.07) is 14.8. The summed E-state index contributed by atoms with van der Waals surface area (Å²) < 4.78 is 30.6. The molecule has 1 unspecified atom stereocenters. The molecule has 0 heterocycles. The second-order valence-corrected chi connectivity index (χ2v) is 9.53. The highest BCUT2D eigenvalue weighted by Crippen LogP contribution is 2.27. The lowest BCUT2D eigenvalue weighted by atomic mass is 10.1. The van der Waals surface area contributed by atoms with Crippen LogP contribution in [-0.4, -0.2) is 51.2 Å². The van der Waals surface area contributed by atoms with Crippen molar-refractivity contribution < 1.29 is 23.4 Å². The van der Waals surface area contributed by atoms with Crippen molar-refractivity contribution >= 4 is 15.7 Å². The monoisotopic (exact) mass is 474 g/mol. The Balaban J connectivity index is 1.52. The fourth-order valence-corrected chi connectivity index (χ4v) is 3.69. The second-order valence-electron chi connectivity index (χ2n) is 7.78. The average molecular weight is 475 g/mol. The van der Waals surface area contributed by atoms with Crippen LogP contribution < -0.4 is 10.0 Å². The van der Waals surface area contributed by atoms with Gasteiger partial charge in [-0.1, -0.05) is 36.4 Å². The number of phenolic OH excluding ortho intramolecular Hbond substituents is 1. The molecule has 0 aromatic heterocycles. The Morgan fingerprint density at radius 1 is 1.03 bits per heavy atom. The molecule has 7 nitrogen and oxygen atoms in total. The molecule has 0 amide bonds. The summed E-state index contributed by atoms with van der Waals surface area (Å²) in [6.45, 7) is 2.30. The highest BCUT2D eigenvalue weighted by Gasteiger charge is 2.12. The quantitative estimate of drug-likeness (QED) is 0.190. The molecule has 0 aliphatic carbocycles. The van der Waals surface area contributed by atoms with Crippen LogP contribution in [0.2, 0.25) is 0 Å². The lowest BCUT2D eigenvalue weighted by Crippen LogP contribution is -2.22. The van der Waals surface area contributed by atoms with Crippen molar-refractivity contribution in [1.29, 1.82) is 0 Å². The Kier molecular flexibility index (Phi) is 11.8. The molecule has 0 fully saturated rings. The Morgan fingerprint density at radius 3 is 2.55 bits per heavy atom. The number of sulfonamides is 1. The molecule has 0 saturated heterocycles. The minimum atomic E-state index is -3.52. The fourth-order valence-electron chi connectivity index (χ4n) is 3.13. The molecular weight excluding hydrogens is 440 g/mol. The number of benzene rings is 2. The SMILES string of the molecule is CS(=O)(=O)Nc1cc(C(O)CNCCC#CCCOCCCCc2ccccc2)ccc1O. The Labute approximate surface area is 197 Å². The minimum absolute atomic E-state index is 0.0401. The third kappa shape index (κ3) is 11.7. The zero-order chi connectivity index (χ0) is 23.9. The molecule has 0 saturated carbocycles. The van der Waals surface area contributed by atoms with Crippen molar-refractivity contribution in [2.75, 3.05) is 37.3 Å². The molecule has 0 bridgehead atoms. The Morgan fingerprint density at radius 2 is 1.79 bits per heavy atom. The van der Waals surface area contributed by atoms with Crippen LogP contribution >= 0.6 is 0 Å². The maximum Gasteiger partial charge on any atom is 0.229 e. The number of unbranched alkanes of at least 4 members (excludes halogenated alkanes) is 1. The molecule has 4 N–H and O–H groups in total. The van der Waals surface area contributed by atoms with Crippen LogP contribution in [0, 0.1) is 11.8 Å². The number of nitrogens with one attached hydrogen (secondary N) is 2. The number of hydrogen-bond donors (Lipinski definition) is 4. The van der Waals surface area contributed by atoms with Gasteiger partial charge in [-0.05, 0) is 42.5 Å². The molecule has 33 heavy (non-hydrogen) atoms. The normalized spacial score (nSPS) is 12.1. The molecule has 8 heteroatoms. The topological polar surface area (TPSA) is 108 Å². The van der Waals surface area contributed by atoms with E-state index in [0.717, 1.165) is 32.1 Å². The van der Waals surface area contributed by atoms with Crippen LogP contribution in [0.15, 0.2) is 48.5 Å². The standard InChI is InChI=1S/C25H34N2O5S/c1-33(30,31)27-23-19-22(14-15-24(23)28)25(29)20-26-16-8-2-3-9-17-32-18-10-7-13-21-11-5-4-6-12-21/h4-6,11-12,14-15,19,25-29H,7-10,13,16-18,20H2,1H3. The summed E-state index contributed by atoms with van der Waals surface area (Å²) in [4.78, 5) is 0. The first-order valence-corrected chi connectivity index (χ1v) is 13.0. The number of hydrogen-bond acceptors (Lipinski definition) is 6. The van der Waals surface area contributed by atoms with Gasteiger partial charge in [0.05, 0.1) is 24.7 Å². The van der Waals surface area contributed by atoms with Gasteiger partial charge in [0.2, 0.25) is 10.0 Å². The van der Waals surface area contributed by atoms with Gasteiger partial charge in [-0.25, -0.2) is 8.42 Å². The van der Waals surface area contributed by atoms with E-state index >= 15 is 0 Å². The first-order chi connectivity index (χ1) is 15.8. The average Bonchev–Trinajstić information content (AvgIpc) is 2.78. The largest absolute Gasteiger partial charge is 0.506 e. The zero-order valence-electron chi connectivity index (χ0n) is 19.1. The van der Waals surface area contributed by atoms with Crippen LogP contribution in [0.3, 0.4) is 0 Å². The first kappa shape index (κ1) is 26.7. The van der Waals surface area contributed by atoms with E-state index in [0.29, 0.717) is 31.6 Å². The van der Waals surface area contributed by atoms with Crippen molar-refractivity contribution in [2.45, 2.75) is 38.2 Å². The third-order valence-electron chi connectivity index (χ3n) is 4.81. The summed E-state index contributed by atoms with van der Waals surface area (Å²) in [6.07, 6.45) is 4.75. The van der Waals surface area contributed by atoms with Crippen molar-refractivity contribution in [2.24, 2.45) is 0 Å². The van der Waals surface area contributed by atoms with E-state index in [1.807, 2.05) is 6.07 Å². The van der Waals surface area contributed by atoms with Gasteiger partial charge < -0.3 is 20.3 Å². The maximum atomic E-state index is 11.4. The summed E-state index contributed by atoms with van der Waals surface area (Å²) in [5.41, 5.74) is 1.90. The molecular formula is C25H34N2O5S. The van der Waals surface area contributed by atoms with Gasteiger partial charge in [-0.2, -0.15) is 0 Å². The van der Waals surface area contributed by atoms with Gasteiger partial charge in [-0.3, -0.25) is 4.72 Å². The van der Waals surface area contributed by atoms with Gasteiger partial charge in [0.1, 0.15) is 5.75 Å². The van der Waals surface area contributed by atoms with Crippen molar-refractivity contribution in [1.82, 2.24) is 5.32 Å². The molecule has 0 radical (unpaired) electrons. The van der Waals surface area contributed by atoms with E-state index in [4.69, 9.17) is 4.74 Å². The molecule has 2 aromatic rings. The van der Waals surface area contributed by atoms with Gasteiger partial charge >= 0.3 is 0 Å². The molecule has 0 aliphatic rings. The molecule has 2 aromatic carbocycles. The van der Waals surface area contributed by atoms with Crippen molar-refractivity contribution in [3.05, 3.63) is 59.7 Å². The summed E-state index contributed by atoms with van der Waals surface area (Å²) in [5.74, 6) is 5.97. The molecule has 180 valence electrons. The van der Waals surface area contributed by atoms with E-state index in [9.17, 15) is 18.6 Å². The van der Waals surface area contributed by atoms with Gasteiger partial charge in [0.25, 0.3) is 0 Å². The number of aryl methyl sites for hydroxylation is 1. The fraction of sp³-hybridized carbons (Fsp3) is 0.440. The molecule has 2 rings (SSSR count). The van der Waals surface area contributed by atoms with E-state index in [1.165, 1.54) is 17.7 Å². The van der Waals surface area contributed by atoms with Gasteiger partial charge in [-0.15, -0.1) is 11.8 Å². The first-order valence-electron chi connectivity index (χ1n) is 11.1. The highest BCUT2D eigenvalue weighted by atomic mass is 32.2. The van der Waals surface area contributed by atoms with Crippen LogP contribution in [-0.2, 0) is 21.2 Å². The molecule has 1 atom stereocenters. The van der Waals surface area contributed by atoms with Crippen molar-refractivity contribution in [3.63, 3.8) is 0 Å². The summed E-state index contributed by atoms with van der Waals surface area (Å²) in [7, 11) is -3.52. The van der Waals surface area contributed by atoms with Gasteiger partial charge in [0.15, 0.2) is 0 Å². The lowest BCUT2D eigenvalue weighted by molar-refractivity contribution is 0.136. The van der Waals surface area contributed by atoms with Crippen LogP contribution in [0.1, 0.15) is 42.9 Å². The lowest BCUT2D eigenvalue weighted by Gasteiger charge is -2.14. The van der Waals surface area contributed by atoms with E-state index in [-0.39, 0.29) is 18.0 Å². The zero-order valence-corrected chi connectivity index (χ0v) is 19.9. The van der Waals surface area contributed by atoms with Crippen LogP contribution in [0.5, 0.6) is 5.75 Å². The predicted molar refractivity (Wildman–Crippen MR) is 132 cm³/mol. The van der Waals surface area contributed by atoms with E-state index in [1.54, 1.807) is 6.07 Å². The predicted octanol–water partition coefficient (Wildman–Crippen LogP) is 3.21. The van der Waals surface area contributed by atoms with Crippen LogP contribution in [0.25, 0.3) is 0 Å². The molecule has 0 spiro atoms. The number of aliphatic hydroxyl groups is 1. The Bertz CT molecular complexity index is 1000. The van der Waals surface area contributed by atoms with Gasteiger partial charge in [0, 0.05) is 32.5 Å². The number of phenols is 1. The maximum absolute atomic E-state index is 11.4. The number of aromatic hydroxyl groups is 1. The smallest absolute Gasteiger partial charge is 0.229 e. The third-order valence-corrected chi connectivity index (χ3v) is 5.40. The van der Waals surface area contributed by atoms with E-state index in [2.05, 4.69) is 46.1 Å². The second kappa shape index (κ2) is 14.6. The van der Waals surface area contributed by atoms with E-state index < -0.39 is 16.1 Å². The highest BCUT2D eigenvalue weighted by molar-refractivity contribution is 7.92. The molecule has 0 aliphatic heterocycles. The minimum Gasteiger partial charge on any atom is -0.506 e. The number of ether oxygens (including phenoxy) is 1. The number of anilines is 1. The summed E-state index contributed by atoms with van der Waals surface area (Å²) in [5, 5.41) is 23.2. The van der Waals surface area contributed by atoms with Crippen molar-refractivity contribution in [3.8, 4) is 17.6 Å².